The van der Waals surface area contributed by atoms with Crippen LogP contribution in [0.1, 0.15) is 72.6 Å². The lowest BCUT2D eigenvalue weighted by Gasteiger charge is -2.23. The summed E-state index contributed by atoms with van der Waals surface area (Å²) in [5, 5.41) is 26.1. The lowest BCUT2D eigenvalue weighted by Crippen LogP contribution is -2.35. The molecule has 18 heteroatoms. The highest BCUT2D eigenvalue weighted by atomic mass is 35.5. The first-order valence-corrected chi connectivity index (χ1v) is 18.5. The largest absolute Gasteiger partial charge is 0.389 e. The summed E-state index contributed by atoms with van der Waals surface area (Å²) < 4.78 is 90.9. The second-order valence-corrected chi connectivity index (χ2v) is 16.2. The number of carbonyl (C=O) groups is 1. The van der Waals surface area contributed by atoms with Gasteiger partial charge in [-0.2, -0.15) is 19.0 Å². The minimum absolute atomic E-state index is 0.0561. The molecule has 8 rings (SSSR count). The minimum Gasteiger partial charge on any atom is -0.389 e. The fourth-order valence-electron chi connectivity index (χ4n) is 7.65. The Morgan fingerprint density at radius 1 is 1.09 bits per heavy atom. The molecule has 1 fully saturated rings. The number of rotatable bonds is 11. The fourth-order valence-corrected chi connectivity index (χ4v) is 8.78. The Kier molecular flexibility index (Phi) is 8.92. The Morgan fingerprint density at radius 3 is 2.51 bits per heavy atom. The van der Waals surface area contributed by atoms with Crippen LogP contribution in [0.5, 0.6) is 0 Å². The summed E-state index contributed by atoms with van der Waals surface area (Å²) in [4.78, 5) is 23.5. The van der Waals surface area contributed by atoms with Gasteiger partial charge in [-0.05, 0) is 69.4 Å². The molecule has 2 aromatic carbocycles. The molecule has 6 aromatic rings. The van der Waals surface area contributed by atoms with Crippen molar-refractivity contribution >= 4 is 55.2 Å². The highest BCUT2D eigenvalue weighted by Gasteiger charge is 2.67. The van der Waals surface area contributed by atoms with E-state index in [2.05, 4.69) is 25.8 Å². The van der Waals surface area contributed by atoms with Gasteiger partial charge in [0, 0.05) is 47.7 Å². The van der Waals surface area contributed by atoms with Gasteiger partial charge in [0.2, 0.25) is 5.91 Å². The highest BCUT2D eigenvalue weighted by Crippen LogP contribution is 2.68. The van der Waals surface area contributed by atoms with Crippen LogP contribution in [0.3, 0.4) is 0 Å². The van der Waals surface area contributed by atoms with Gasteiger partial charge in [-0.3, -0.25) is 14.2 Å². The van der Waals surface area contributed by atoms with Crippen molar-refractivity contribution < 1.29 is 36.2 Å². The summed E-state index contributed by atoms with van der Waals surface area (Å²) >= 11 is 7.89. The van der Waals surface area contributed by atoms with Crippen molar-refractivity contribution in [2.24, 2.45) is 13.0 Å². The molecule has 0 unspecified atom stereocenters. The van der Waals surface area contributed by atoms with Gasteiger partial charge in [-0.25, -0.2) is 27.5 Å². The maximum atomic E-state index is 15.4. The first-order chi connectivity index (χ1) is 25.9. The van der Waals surface area contributed by atoms with Crippen LogP contribution in [0, 0.1) is 24.5 Å². The zero-order valence-electron chi connectivity index (χ0n) is 29.7. The molecule has 10 nitrogen and oxygen atoms in total. The Morgan fingerprint density at radius 2 is 1.82 bits per heavy atom. The van der Waals surface area contributed by atoms with E-state index in [1.54, 1.807) is 50.7 Å². The van der Waals surface area contributed by atoms with Crippen molar-refractivity contribution in [3.8, 4) is 11.1 Å². The number of aliphatic hydroxyl groups is 1. The number of hydrogen-bond acceptors (Lipinski definition) is 8. The molecule has 4 aromatic heterocycles. The van der Waals surface area contributed by atoms with Crippen molar-refractivity contribution in [1.82, 2.24) is 34.8 Å². The number of pyridine rings is 1. The second kappa shape index (κ2) is 13.2. The molecular weight excluding hydrogens is 770 g/mol. The van der Waals surface area contributed by atoms with Gasteiger partial charge < -0.3 is 15.7 Å². The number of amides is 1. The van der Waals surface area contributed by atoms with Crippen LogP contribution in [-0.2, 0) is 30.7 Å². The van der Waals surface area contributed by atoms with Crippen molar-refractivity contribution in [3.63, 3.8) is 0 Å². The average molecular weight is 803 g/mol. The third-order valence-corrected chi connectivity index (χ3v) is 11.2. The van der Waals surface area contributed by atoms with E-state index in [-0.39, 0.29) is 41.9 Å². The van der Waals surface area contributed by atoms with Crippen LogP contribution in [0.4, 0.5) is 31.5 Å². The smallest absolute Gasteiger partial charge is 0.293 e. The Hall–Kier alpha value is -4.74. The van der Waals surface area contributed by atoms with Crippen LogP contribution >= 0.6 is 22.9 Å². The van der Waals surface area contributed by atoms with E-state index in [0.717, 1.165) is 12.1 Å². The standard InChI is InChI=1S/C37H33ClF6N8O2S/c1-15-27-23(38)6-5-19(31(27)51(4)49-15)20-12-25-34(48-35(55-25)45-14-36(2,3)54)47-29(20)24(9-16-7-17(39)10-18(40)8-16)46-26(53)13-52-32-28(30(50-52)33(41)42)21-11-22(21)37(32,43)44/h5-8,10,12,21-22,24,33,54H,9,11,13-14H2,1-4H3,(H,46,53)(H,45,47,48)/t21-,22+,24-/m0/s1. The molecule has 0 radical (unpaired) electrons. The van der Waals surface area contributed by atoms with Crippen LogP contribution < -0.4 is 10.6 Å². The number of nitrogens with one attached hydrogen (secondary N) is 2. The fraction of sp³-hybridized carbons (Fsp3) is 0.378. The van der Waals surface area contributed by atoms with Crippen molar-refractivity contribution in [2.75, 3.05) is 11.9 Å². The number of anilines is 1. The summed E-state index contributed by atoms with van der Waals surface area (Å²) in [7, 11) is 1.73. The van der Waals surface area contributed by atoms with Crippen LogP contribution in [0.2, 0.25) is 5.02 Å². The van der Waals surface area contributed by atoms with Crippen LogP contribution in [0.15, 0.2) is 36.4 Å². The molecule has 288 valence electrons. The molecule has 2 aliphatic rings. The zero-order chi connectivity index (χ0) is 39.3. The molecule has 0 spiro atoms. The third kappa shape index (κ3) is 6.69. The minimum atomic E-state index is -3.46. The first-order valence-electron chi connectivity index (χ1n) is 17.3. The number of aromatic nitrogens is 6. The summed E-state index contributed by atoms with van der Waals surface area (Å²) in [6.45, 7) is 4.37. The number of halogens is 7. The topological polar surface area (TPSA) is 123 Å². The SMILES string of the molecule is Cc1nn(C)c2c(-c3cc4sc(NCC(C)(C)O)nc4nc3[C@H](Cc3cc(F)cc(F)c3)NC(=O)Cn3nc(C(F)F)c4c3C(F)(F)[C@@H]3C[C@H]43)ccc(Cl)c12. The number of hydrogen-bond donors (Lipinski definition) is 3. The summed E-state index contributed by atoms with van der Waals surface area (Å²) in [5.41, 5.74) is 0.105. The summed E-state index contributed by atoms with van der Waals surface area (Å²) in [5.74, 6) is -7.98. The predicted molar refractivity (Wildman–Crippen MR) is 195 cm³/mol. The highest BCUT2D eigenvalue weighted by molar-refractivity contribution is 7.22. The predicted octanol–water partition coefficient (Wildman–Crippen LogP) is 8.11. The van der Waals surface area contributed by atoms with Crippen molar-refractivity contribution in [2.45, 2.75) is 70.1 Å². The molecule has 2 aliphatic carbocycles. The number of alkyl halides is 4. The molecule has 55 heavy (non-hydrogen) atoms. The quantitative estimate of drug-likeness (QED) is 0.113. The van der Waals surface area contributed by atoms with Gasteiger partial charge in [-0.1, -0.05) is 29.0 Å². The molecule has 0 bridgehead atoms. The van der Waals surface area contributed by atoms with Gasteiger partial charge in [0.1, 0.15) is 29.6 Å². The van der Waals surface area contributed by atoms with E-state index in [4.69, 9.17) is 16.6 Å². The van der Waals surface area contributed by atoms with E-state index in [0.29, 0.717) is 53.3 Å². The molecule has 3 N–H and O–H groups in total. The van der Waals surface area contributed by atoms with Crippen LogP contribution in [-0.4, -0.2) is 52.7 Å². The number of carbonyl (C=O) groups excluding carboxylic acids is 1. The molecule has 0 saturated heterocycles. The van der Waals surface area contributed by atoms with E-state index >= 15 is 8.78 Å². The Bertz CT molecular complexity index is 2510. The van der Waals surface area contributed by atoms with Gasteiger partial charge in [-0.15, -0.1) is 0 Å². The number of benzene rings is 2. The van der Waals surface area contributed by atoms with Crippen molar-refractivity contribution in [1.29, 1.82) is 0 Å². The zero-order valence-corrected chi connectivity index (χ0v) is 31.3. The Balaban J connectivity index is 1.27. The van der Waals surface area contributed by atoms with Gasteiger partial charge in [0.15, 0.2) is 10.8 Å². The lowest BCUT2D eigenvalue weighted by atomic mass is 9.94. The molecule has 0 aliphatic heterocycles. The number of aryl methyl sites for hydroxylation is 2. The molecular formula is C37H33ClF6N8O2S. The molecule has 4 heterocycles. The normalized spacial score (nSPS) is 17.9. The van der Waals surface area contributed by atoms with Crippen molar-refractivity contribution in [3.05, 3.63) is 87.0 Å². The van der Waals surface area contributed by atoms with Gasteiger partial charge in [0.25, 0.3) is 12.3 Å². The maximum absolute atomic E-state index is 15.4. The average Bonchev–Trinajstić information content (AvgIpc) is 3.37. The molecule has 3 atom stereocenters. The van der Waals surface area contributed by atoms with Crippen LogP contribution in [0.25, 0.3) is 32.4 Å². The second-order valence-electron chi connectivity index (χ2n) is 14.7. The lowest BCUT2D eigenvalue weighted by molar-refractivity contribution is -0.123. The number of fused-ring (bicyclic) bond motifs is 5. The number of nitrogens with zero attached hydrogens (tertiary/aromatic N) is 6. The van der Waals surface area contributed by atoms with E-state index in [1.807, 2.05) is 0 Å². The first kappa shape index (κ1) is 37.2. The number of thiazole rings is 1. The Labute approximate surface area is 318 Å². The van der Waals surface area contributed by atoms with E-state index in [1.165, 1.54) is 11.3 Å². The van der Waals surface area contributed by atoms with E-state index in [9.17, 15) is 27.5 Å². The summed E-state index contributed by atoms with van der Waals surface area (Å²) in [6.07, 6.45) is -3.31. The maximum Gasteiger partial charge on any atom is 0.293 e. The third-order valence-electron chi connectivity index (χ3n) is 9.97. The molecule has 1 amide bonds. The van der Waals surface area contributed by atoms with Gasteiger partial charge >= 0.3 is 0 Å². The van der Waals surface area contributed by atoms with Gasteiger partial charge in [0.05, 0.1) is 38.3 Å². The molecule has 1 saturated carbocycles. The monoisotopic (exact) mass is 802 g/mol. The van der Waals surface area contributed by atoms with E-state index < -0.39 is 71.3 Å². The summed E-state index contributed by atoms with van der Waals surface area (Å²) in [6, 6.07) is 6.93.